The highest BCUT2D eigenvalue weighted by Crippen LogP contribution is 2.28. The van der Waals surface area contributed by atoms with E-state index in [-0.39, 0.29) is 6.61 Å². The number of aliphatic hydroxyl groups is 1. The number of aliphatic hydroxyl groups excluding tert-OH is 1. The Bertz CT molecular complexity index is 270. The zero-order valence-corrected chi connectivity index (χ0v) is 10.7. The number of carbonyl (C=O) groups excluding carboxylic acids is 1. The predicted octanol–water partition coefficient (Wildman–Crippen LogP) is 0.890. The van der Waals surface area contributed by atoms with Crippen LogP contribution in [0.15, 0.2) is 0 Å². The van der Waals surface area contributed by atoms with Crippen molar-refractivity contribution in [2.45, 2.75) is 63.6 Å². The minimum Gasteiger partial charge on any atom is -0.396 e. The molecule has 4 nitrogen and oxygen atoms in total. The van der Waals surface area contributed by atoms with Gasteiger partial charge in [0, 0.05) is 37.7 Å². The Morgan fingerprint density at radius 1 is 1.53 bits per heavy atom. The Morgan fingerprint density at radius 2 is 2.35 bits per heavy atom. The molecular formula is C13H24N2O2. The highest BCUT2D eigenvalue weighted by Gasteiger charge is 2.40. The van der Waals surface area contributed by atoms with Crippen LogP contribution in [0.5, 0.6) is 0 Å². The molecule has 0 aromatic carbocycles. The topological polar surface area (TPSA) is 52.6 Å². The first kappa shape index (κ1) is 12.8. The zero-order valence-electron chi connectivity index (χ0n) is 10.7. The van der Waals surface area contributed by atoms with Crippen LogP contribution >= 0.6 is 0 Å². The Labute approximate surface area is 103 Å². The van der Waals surface area contributed by atoms with Gasteiger partial charge in [-0.25, -0.2) is 0 Å². The molecule has 3 atom stereocenters. The molecule has 2 saturated heterocycles. The van der Waals surface area contributed by atoms with Gasteiger partial charge in [-0.15, -0.1) is 0 Å². The zero-order chi connectivity index (χ0) is 12.3. The summed E-state index contributed by atoms with van der Waals surface area (Å²) in [6, 6.07) is 1.14. The third-order valence-electron chi connectivity index (χ3n) is 4.02. The van der Waals surface area contributed by atoms with E-state index in [1.54, 1.807) is 0 Å². The molecule has 0 aliphatic carbocycles. The molecule has 98 valence electrons. The van der Waals surface area contributed by atoms with E-state index in [1.165, 1.54) is 6.42 Å². The maximum atomic E-state index is 11.9. The maximum Gasteiger partial charge on any atom is 0.224 e. The Morgan fingerprint density at radius 3 is 3.12 bits per heavy atom. The average molecular weight is 240 g/mol. The van der Waals surface area contributed by atoms with Crippen molar-refractivity contribution in [2.24, 2.45) is 0 Å². The second-order valence-corrected chi connectivity index (χ2v) is 5.39. The molecule has 0 radical (unpaired) electrons. The van der Waals surface area contributed by atoms with Crippen molar-refractivity contribution in [1.82, 2.24) is 10.2 Å². The summed E-state index contributed by atoms with van der Waals surface area (Å²) in [7, 11) is 0. The molecule has 4 heteroatoms. The van der Waals surface area contributed by atoms with Crippen LogP contribution in [-0.4, -0.2) is 47.2 Å². The van der Waals surface area contributed by atoms with E-state index >= 15 is 0 Å². The quantitative estimate of drug-likeness (QED) is 0.750. The first-order valence-corrected chi connectivity index (χ1v) is 6.88. The molecule has 3 unspecified atom stereocenters. The van der Waals surface area contributed by atoms with Gasteiger partial charge in [-0.2, -0.15) is 0 Å². The Balaban J connectivity index is 1.86. The van der Waals surface area contributed by atoms with Crippen LogP contribution in [0.4, 0.5) is 0 Å². The third kappa shape index (κ3) is 2.99. The SMILES string of the molecule is CC(CCCO)NC1CC(=O)N2CCCCC12. The van der Waals surface area contributed by atoms with Crippen LogP contribution in [0.1, 0.15) is 45.4 Å². The van der Waals surface area contributed by atoms with E-state index in [2.05, 4.69) is 17.1 Å². The van der Waals surface area contributed by atoms with Crippen molar-refractivity contribution in [2.75, 3.05) is 13.2 Å². The number of hydrogen-bond acceptors (Lipinski definition) is 3. The van der Waals surface area contributed by atoms with Crippen LogP contribution in [0.25, 0.3) is 0 Å². The van der Waals surface area contributed by atoms with Crippen LogP contribution < -0.4 is 5.32 Å². The number of hydrogen-bond donors (Lipinski definition) is 2. The monoisotopic (exact) mass is 240 g/mol. The van der Waals surface area contributed by atoms with Gasteiger partial charge in [0.15, 0.2) is 0 Å². The predicted molar refractivity (Wildman–Crippen MR) is 66.7 cm³/mol. The average Bonchev–Trinajstić information content (AvgIpc) is 2.65. The van der Waals surface area contributed by atoms with Gasteiger partial charge in [0.2, 0.25) is 5.91 Å². The highest BCUT2D eigenvalue weighted by molar-refractivity contribution is 5.80. The van der Waals surface area contributed by atoms with E-state index in [4.69, 9.17) is 5.11 Å². The molecule has 1 amide bonds. The fourth-order valence-electron chi connectivity index (χ4n) is 3.14. The molecule has 2 aliphatic heterocycles. The van der Waals surface area contributed by atoms with E-state index in [0.29, 0.717) is 30.5 Å². The summed E-state index contributed by atoms with van der Waals surface area (Å²) in [5, 5.41) is 12.4. The lowest BCUT2D eigenvalue weighted by Gasteiger charge is -2.33. The lowest BCUT2D eigenvalue weighted by Crippen LogP contribution is -2.47. The number of nitrogens with zero attached hydrogens (tertiary/aromatic N) is 1. The van der Waals surface area contributed by atoms with E-state index in [0.717, 1.165) is 32.2 Å². The van der Waals surface area contributed by atoms with Gasteiger partial charge in [0.1, 0.15) is 0 Å². The standard InChI is InChI=1S/C13H24N2O2/c1-10(5-4-8-16)14-11-9-13(17)15-7-3-2-6-12(11)15/h10-12,14,16H,2-9H2,1H3. The lowest BCUT2D eigenvalue weighted by molar-refractivity contribution is -0.129. The van der Waals surface area contributed by atoms with Crippen molar-refractivity contribution in [1.29, 1.82) is 0 Å². The summed E-state index contributed by atoms with van der Waals surface area (Å²) in [5.41, 5.74) is 0. The second-order valence-electron chi connectivity index (χ2n) is 5.39. The summed E-state index contributed by atoms with van der Waals surface area (Å²) in [5.74, 6) is 0.321. The van der Waals surface area contributed by atoms with Gasteiger partial charge in [-0.1, -0.05) is 0 Å². The van der Waals surface area contributed by atoms with E-state index in [1.807, 2.05) is 0 Å². The molecule has 0 saturated carbocycles. The molecule has 17 heavy (non-hydrogen) atoms. The molecule has 0 spiro atoms. The normalized spacial score (nSPS) is 30.5. The lowest BCUT2D eigenvalue weighted by atomic mass is 9.98. The fourth-order valence-corrected chi connectivity index (χ4v) is 3.14. The van der Waals surface area contributed by atoms with Crippen LogP contribution in [0.3, 0.4) is 0 Å². The van der Waals surface area contributed by atoms with Gasteiger partial charge in [0.25, 0.3) is 0 Å². The van der Waals surface area contributed by atoms with Gasteiger partial charge >= 0.3 is 0 Å². The molecule has 0 bridgehead atoms. The molecular weight excluding hydrogens is 216 g/mol. The summed E-state index contributed by atoms with van der Waals surface area (Å²) < 4.78 is 0. The van der Waals surface area contributed by atoms with Crippen molar-refractivity contribution >= 4 is 5.91 Å². The molecule has 2 aliphatic rings. The van der Waals surface area contributed by atoms with Crippen molar-refractivity contribution in [3.63, 3.8) is 0 Å². The van der Waals surface area contributed by atoms with Crippen LogP contribution in [0.2, 0.25) is 0 Å². The number of piperidine rings is 1. The minimum atomic E-state index is 0.255. The minimum absolute atomic E-state index is 0.255. The number of rotatable bonds is 5. The van der Waals surface area contributed by atoms with Crippen LogP contribution in [0, 0.1) is 0 Å². The van der Waals surface area contributed by atoms with Crippen molar-refractivity contribution in [3.8, 4) is 0 Å². The summed E-state index contributed by atoms with van der Waals surface area (Å²) >= 11 is 0. The van der Waals surface area contributed by atoms with E-state index in [9.17, 15) is 4.79 Å². The number of fused-ring (bicyclic) bond motifs is 1. The molecule has 0 aromatic rings. The molecule has 2 heterocycles. The fraction of sp³-hybridized carbons (Fsp3) is 0.923. The van der Waals surface area contributed by atoms with Gasteiger partial charge in [0.05, 0.1) is 0 Å². The first-order valence-electron chi connectivity index (χ1n) is 6.88. The Kier molecular flexibility index (Phi) is 4.40. The first-order chi connectivity index (χ1) is 8.22. The highest BCUT2D eigenvalue weighted by atomic mass is 16.2. The summed E-state index contributed by atoms with van der Waals surface area (Å²) in [6.07, 6.45) is 6.04. The van der Waals surface area contributed by atoms with Crippen molar-refractivity contribution < 1.29 is 9.90 Å². The second kappa shape index (κ2) is 5.83. The van der Waals surface area contributed by atoms with Gasteiger partial charge in [-0.05, 0) is 39.0 Å². The third-order valence-corrected chi connectivity index (χ3v) is 4.02. The maximum absolute atomic E-state index is 11.9. The van der Waals surface area contributed by atoms with E-state index < -0.39 is 0 Å². The molecule has 2 N–H and O–H groups in total. The molecule has 0 aromatic heterocycles. The van der Waals surface area contributed by atoms with Gasteiger partial charge < -0.3 is 15.3 Å². The molecule has 2 rings (SSSR count). The van der Waals surface area contributed by atoms with Gasteiger partial charge in [-0.3, -0.25) is 4.79 Å². The smallest absolute Gasteiger partial charge is 0.224 e. The summed E-state index contributed by atoms with van der Waals surface area (Å²) in [6.45, 7) is 3.35. The number of nitrogens with one attached hydrogen (secondary N) is 1. The summed E-state index contributed by atoms with van der Waals surface area (Å²) in [4.78, 5) is 13.9. The number of amides is 1. The largest absolute Gasteiger partial charge is 0.396 e. The Hall–Kier alpha value is -0.610. The number of carbonyl (C=O) groups is 1. The molecule has 2 fully saturated rings. The van der Waals surface area contributed by atoms with Crippen molar-refractivity contribution in [3.05, 3.63) is 0 Å². The van der Waals surface area contributed by atoms with Crippen LogP contribution in [-0.2, 0) is 4.79 Å².